The van der Waals surface area contributed by atoms with Crippen LogP contribution in [-0.4, -0.2) is 11.2 Å². The van der Waals surface area contributed by atoms with Crippen molar-refractivity contribution in [2.75, 3.05) is 0 Å². The molecule has 0 spiro atoms. The summed E-state index contributed by atoms with van der Waals surface area (Å²) in [6.07, 6.45) is 4.90. The molecule has 66 valence electrons. The van der Waals surface area contributed by atoms with Gasteiger partial charge >= 0.3 is 0 Å². The summed E-state index contributed by atoms with van der Waals surface area (Å²) in [4.78, 5) is 0. The monoisotopic (exact) mass is 156 g/mol. The van der Waals surface area contributed by atoms with Crippen LogP contribution in [0.5, 0.6) is 0 Å². The van der Waals surface area contributed by atoms with Crippen LogP contribution < -0.4 is 0 Å². The second-order valence-electron chi connectivity index (χ2n) is 4.10. The Hall–Kier alpha value is -0.0400. The second-order valence-corrected chi connectivity index (χ2v) is 4.10. The first-order chi connectivity index (χ1) is 5.13. The van der Waals surface area contributed by atoms with Crippen molar-refractivity contribution in [1.82, 2.24) is 0 Å². The fraction of sp³-hybridized carbons (Fsp3) is 1.00. The minimum Gasteiger partial charge on any atom is -0.393 e. The maximum absolute atomic E-state index is 9.54. The van der Waals surface area contributed by atoms with Crippen LogP contribution in [0.2, 0.25) is 0 Å². The molecule has 0 amide bonds. The molecule has 0 aromatic heterocycles. The minimum atomic E-state index is -0.0935. The van der Waals surface area contributed by atoms with Gasteiger partial charge in [0.25, 0.3) is 0 Å². The van der Waals surface area contributed by atoms with Gasteiger partial charge in [-0.05, 0) is 31.1 Å². The molecule has 0 aliphatic heterocycles. The third kappa shape index (κ3) is 1.58. The molecule has 2 unspecified atom stereocenters. The van der Waals surface area contributed by atoms with Crippen LogP contribution in [0, 0.1) is 11.3 Å². The van der Waals surface area contributed by atoms with Gasteiger partial charge in [0.15, 0.2) is 0 Å². The molecule has 1 rings (SSSR count). The molecule has 1 N–H and O–H groups in total. The maximum Gasteiger partial charge on any atom is 0.0570 e. The van der Waals surface area contributed by atoms with Gasteiger partial charge in [-0.25, -0.2) is 0 Å². The van der Waals surface area contributed by atoms with E-state index in [0.29, 0.717) is 11.3 Å². The molecule has 1 aliphatic carbocycles. The second kappa shape index (κ2) is 3.14. The SMILES string of the molecule is CCCC(C)C1(C(C)O)CC1. The summed E-state index contributed by atoms with van der Waals surface area (Å²) in [6, 6.07) is 0. The molecular weight excluding hydrogens is 136 g/mol. The van der Waals surface area contributed by atoms with E-state index in [9.17, 15) is 5.11 Å². The van der Waals surface area contributed by atoms with Crippen LogP contribution in [0.3, 0.4) is 0 Å². The zero-order valence-electron chi connectivity index (χ0n) is 7.93. The predicted octanol–water partition coefficient (Wildman–Crippen LogP) is 2.58. The highest BCUT2D eigenvalue weighted by Crippen LogP contribution is 2.55. The van der Waals surface area contributed by atoms with Crippen molar-refractivity contribution in [3.63, 3.8) is 0 Å². The van der Waals surface area contributed by atoms with Crippen LogP contribution >= 0.6 is 0 Å². The number of hydrogen-bond acceptors (Lipinski definition) is 1. The zero-order valence-corrected chi connectivity index (χ0v) is 7.93. The fourth-order valence-electron chi connectivity index (χ4n) is 2.19. The minimum absolute atomic E-state index is 0.0935. The molecule has 0 aromatic rings. The Morgan fingerprint density at radius 3 is 2.18 bits per heavy atom. The van der Waals surface area contributed by atoms with E-state index >= 15 is 0 Å². The van der Waals surface area contributed by atoms with Crippen molar-refractivity contribution in [3.05, 3.63) is 0 Å². The molecule has 2 atom stereocenters. The van der Waals surface area contributed by atoms with E-state index in [-0.39, 0.29) is 6.10 Å². The van der Waals surface area contributed by atoms with Crippen LogP contribution in [-0.2, 0) is 0 Å². The van der Waals surface area contributed by atoms with E-state index in [0.717, 1.165) is 0 Å². The third-order valence-corrected chi connectivity index (χ3v) is 3.36. The molecule has 1 heteroatoms. The Kier molecular flexibility index (Phi) is 2.58. The quantitative estimate of drug-likeness (QED) is 0.663. The lowest BCUT2D eigenvalue weighted by atomic mass is 9.83. The summed E-state index contributed by atoms with van der Waals surface area (Å²) >= 11 is 0. The van der Waals surface area contributed by atoms with E-state index in [1.54, 1.807) is 0 Å². The van der Waals surface area contributed by atoms with Gasteiger partial charge in [0, 0.05) is 0 Å². The van der Waals surface area contributed by atoms with Crippen LogP contribution in [0.15, 0.2) is 0 Å². The van der Waals surface area contributed by atoms with E-state index in [1.807, 2.05) is 6.92 Å². The molecule has 0 radical (unpaired) electrons. The first-order valence-corrected chi connectivity index (χ1v) is 4.81. The van der Waals surface area contributed by atoms with Crippen molar-refractivity contribution in [1.29, 1.82) is 0 Å². The lowest BCUT2D eigenvalue weighted by Crippen LogP contribution is -2.25. The molecule has 1 fully saturated rings. The standard InChI is InChI=1S/C10H20O/c1-4-5-8(2)10(6-7-10)9(3)11/h8-9,11H,4-7H2,1-3H3. The smallest absolute Gasteiger partial charge is 0.0570 e. The highest BCUT2D eigenvalue weighted by Gasteiger charge is 2.50. The van der Waals surface area contributed by atoms with Gasteiger partial charge in [-0.1, -0.05) is 26.7 Å². The summed E-state index contributed by atoms with van der Waals surface area (Å²) in [5.74, 6) is 0.715. The average molecular weight is 156 g/mol. The van der Waals surface area contributed by atoms with Gasteiger partial charge < -0.3 is 5.11 Å². The lowest BCUT2D eigenvalue weighted by molar-refractivity contribution is 0.0712. The van der Waals surface area contributed by atoms with Gasteiger partial charge in [-0.3, -0.25) is 0 Å². The van der Waals surface area contributed by atoms with Gasteiger partial charge in [-0.2, -0.15) is 0 Å². The van der Waals surface area contributed by atoms with E-state index < -0.39 is 0 Å². The Bertz CT molecular complexity index is 125. The molecule has 1 saturated carbocycles. The number of rotatable bonds is 4. The van der Waals surface area contributed by atoms with Gasteiger partial charge in [-0.15, -0.1) is 0 Å². The normalized spacial score (nSPS) is 26.2. The van der Waals surface area contributed by atoms with Gasteiger partial charge in [0.05, 0.1) is 6.10 Å². The van der Waals surface area contributed by atoms with Crippen LogP contribution in [0.4, 0.5) is 0 Å². The van der Waals surface area contributed by atoms with Crippen molar-refractivity contribution < 1.29 is 5.11 Å². The Morgan fingerprint density at radius 2 is 1.91 bits per heavy atom. The Labute approximate surface area is 69.8 Å². The molecule has 1 aliphatic rings. The molecule has 0 bridgehead atoms. The van der Waals surface area contributed by atoms with Crippen molar-refractivity contribution >= 4 is 0 Å². The first-order valence-electron chi connectivity index (χ1n) is 4.81. The largest absolute Gasteiger partial charge is 0.393 e. The molecule has 1 nitrogen and oxygen atoms in total. The van der Waals surface area contributed by atoms with Gasteiger partial charge in [0.1, 0.15) is 0 Å². The van der Waals surface area contributed by atoms with Crippen molar-refractivity contribution in [3.8, 4) is 0 Å². The molecule has 0 aromatic carbocycles. The van der Waals surface area contributed by atoms with E-state index in [4.69, 9.17) is 0 Å². The van der Waals surface area contributed by atoms with Gasteiger partial charge in [0.2, 0.25) is 0 Å². The van der Waals surface area contributed by atoms with Crippen LogP contribution in [0.1, 0.15) is 46.5 Å². The van der Waals surface area contributed by atoms with Crippen LogP contribution in [0.25, 0.3) is 0 Å². The highest BCUT2D eigenvalue weighted by molar-refractivity contribution is 5.00. The third-order valence-electron chi connectivity index (χ3n) is 3.36. The molecule has 0 saturated heterocycles. The van der Waals surface area contributed by atoms with Crippen molar-refractivity contribution in [2.24, 2.45) is 11.3 Å². The lowest BCUT2D eigenvalue weighted by Gasteiger charge is -2.25. The van der Waals surface area contributed by atoms with Crippen molar-refractivity contribution in [2.45, 2.75) is 52.6 Å². The van der Waals surface area contributed by atoms with E-state index in [1.165, 1.54) is 25.7 Å². The number of hydrogen-bond donors (Lipinski definition) is 1. The highest BCUT2D eigenvalue weighted by atomic mass is 16.3. The molecular formula is C10H20O. The summed E-state index contributed by atoms with van der Waals surface area (Å²) in [6.45, 7) is 6.44. The Balaban J connectivity index is 2.44. The summed E-state index contributed by atoms with van der Waals surface area (Å²) in [5, 5.41) is 9.54. The summed E-state index contributed by atoms with van der Waals surface area (Å²) in [7, 11) is 0. The fourth-order valence-corrected chi connectivity index (χ4v) is 2.19. The predicted molar refractivity (Wildman–Crippen MR) is 47.4 cm³/mol. The Morgan fingerprint density at radius 1 is 1.36 bits per heavy atom. The summed E-state index contributed by atoms with van der Waals surface area (Å²) < 4.78 is 0. The van der Waals surface area contributed by atoms with E-state index in [2.05, 4.69) is 13.8 Å². The molecule has 11 heavy (non-hydrogen) atoms. The first kappa shape index (κ1) is 9.05. The topological polar surface area (TPSA) is 20.2 Å². The maximum atomic E-state index is 9.54. The zero-order chi connectivity index (χ0) is 8.48. The summed E-state index contributed by atoms with van der Waals surface area (Å²) in [5.41, 5.74) is 0.315. The number of aliphatic hydroxyl groups excluding tert-OH is 1. The molecule has 0 heterocycles. The average Bonchev–Trinajstić information content (AvgIpc) is 2.66. The number of aliphatic hydroxyl groups is 1.